The molecule has 0 aliphatic carbocycles. The highest BCUT2D eigenvalue weighted by Crippen LogP contribution is 2.29. The van der Waals surface area contributed by atoms with E-state index >= 15 is 0 Å². The van der Waals surface area contributed by atoms with Gasteiger partial charge < -0.3 is 10.2 Å². The quantitative estimate of drug-likeness (QED) is 0.587. The highest BCUT2D eigenvalue weighted by atomic mass is 32.2. The Labute approximate surface area is 172 Å². The summed E-state index contributed by atoms with van der Waals surface area (Å²) in [5.41, 5.74) is 2.02. The fourth-order valence-electron chi connectivity index (χ4n) is 2.31. The number of hydrogen-bond donors (Lipinski definition) is 1. The number of para-hydroxylation sites is 1. The van der Waals surface area contributed by atoms with Crippen molar-refractivity contribution in [1.82, 2.24) is 15.5 Å². The summed E-state index contributed by atoms with van der Waals surface area (Å²) in [7, 11) is 0. The Morgan fingerprint density at radius 2 is 1.78 bits per heavy atom. The normalized spacial score (nSPS) is 10.6. The van der Waals surface area contributed by atoms with Gasteiger partial charge in [-0.05, 0) is 31.9 Å². The highest BCUT2D eigenvalue weighted by molar-refractivity contribution is 8.03. The molecule has 0 radical (unpaired) electrons. The van der Waals surface area contributed by atoms with Crippen molar-refractivity contribution in [1.29, 1.82) is 0 Å². The van der Waals surface area contributed by atoms with E-state index < -0.39 is 0 Å². The van der Waals surface area contributed by atoms with Gasteiger partial charge in [-0.3, -0.25) is 9.59 Å². The molecule has 0 saturated heterocycles. The van der Waals surface area contributed by atoms with Crippen molar-refractivity contribution in [2.45, 2.75) is 35.9 Å². The lowest BCUT2D eigenvalue weighted by atomic mass is 10.2. The number of anilines is 1. The molecule has 2 aromatic rings. The predicted molar refractivity (Wildman–Crippen MR) is 114 cm³/mol. The number of carbonyl (C=O) groups is 2. The molecule has 0 atom stereocenters. The number of aryl methyl sites for hydroxylation is 1. The molecule has 0 unspecified atom stereocenters. The second-order valence-electron chi connectivity index (χ2n) is 5.69. The zero-order valence-electron chi connectivity index (χ0n) is 15.7. The minimum atomic E-state index is -0.00162. The van der Waals surface area contributed by atoms with E-state index in [4.69, 9.17) is 0 Å². The van der Waals surface area contributed by atoms with E-state index in [0.29, 0.717) is 24.6 Å². The molecule has 0 saturated carbocycles. The van der Waals surface area contributed by atoms with Gasteiger partial charge in [0.1, 0.15) is 0 Å². The highest BCUT2D eigenvalue weighted by Gasteiger charge is 2.17. The maximum absolute atomic E-state index is 12.6. The minimum absolute atomic E-state index is 0.00162. The van der Waals surface area contributed by atoms with Crippen LogP contribution in [0.5, 0.6) is 0 Å². The number of nitrogens with one attached hydrogen (secondary N) is 1. The van der Waals surface area contributed by atoms with Crippen LogP contribution < -0.4 is 10.2 Å². The van der Waals surface area contributed by atoms with Crippen molar-refractivity contribution in [3.8, 4) is 0 Å². The van der Waals surface area contributed by atoms with Crippen LogP contribution in [0.4, 0.5) is 5.69 Å². The Morgan fingerprint density at radius 1 is 1.11 bits per heavy atom. The molecule has 1 aromatic carbocycles. The lowest BCUT2D eigenvalue weighted by Crippen LogP contribution is -2.32. The van der Waals surface area contributed by atoms with E-state index in [1.807, 2.05) is 45.0 Å². The third kappa shape index (κ3) is 6.82. The Hall–Kier alpha value is -1.58. The van der Waals surface area contributed by atoms with Crippen molar-refractivity contribution in [3.05, 3.63) is 29.8 Å². The maximum atomic E-state index is 12.6. The molecule has 27 heavy (non-hydrogen) atoms. The van der Waals surface area contributed by atoms with E-state index in [0.717, 1.165) is 26.4 Å². The molecule has 146 valence electrons. The van der Waals surface area contributed by atoms with Gasteiger partial charge in [0.2, 0.25) is 11.8 Å². The number of benzene rings is 1. The van der Waals surface area contributed by atoms with Gasteiger partial charge in [0, 0.05) is 18.8 Å². The molecule has 0 bridgehead atoms. The first kappa shape index (κ1) is 21.7. The monoisotopic (exact) mass is 424 g/mol. The van der Waals surface area contributed by atoms with Crippen molar-refractivity contribution < 1.29 is 9.59 Å². The number of rotatable bonds is 10. The summed E-state index contributed by atoms with van der Waals surface area (Å²) >= 11 is 4.16. The van der Waals surface area contributed by atoms with Crippen LogP contribution >= 0.6 is 34.9 Å². The molecule has 0 aliphatic rings. The number of thioether (sulfide) groups is 2. The van der Waals surface area contributed by atoms with E-state index in [9.17, 15) is 9.59 Å². The summed E-state index contributed by atoms with van der Waals surface area (Å²) in [6.07, 6.45) is 0.918. The van der Waals surface area contributed by atoms with Crippen LogP contribution in [0.3, 0.4) is 0 Å². The van der Waals surface area contributed by atoms with Crippen LogP contribution in [-0.2, 0) is 9.59 Å². The summed E-state index contributed by atoms with van der Waals surface area (Å²) in [5.74, 6) is 0.673. The van der Waals surface area contributed by atoms with E-state index in [1.54, 1.807) is 4.90 Å². The average molecular weight is 425 g/mol. The first-order valence-corrected chi connectivity index (χ1v) is 11.6. The molecule has 1 heterocycles. The first-order chi connectivity index (χ1) is 13.0. The van der Waals surface area contributed by atoms with Gasteiger partial charge in [0.05, 0.1) is 11.5 Å². The van der Waals surface area contributed by atoms with Crippen LogP contribution in [0.15, 0.2) is 32.9 Å². The topological polar surface area (TPSA) is 75.2 Å². The van der Waals surface area contributed by atoms with Gasteiger partial charge in [-0.15, -0.1) is 10.2 Å². The van der Waals surface area contributed by atoms with Gasteiger partial charge in [-0.2, -0.15) is 0 Å². The molecule has 2 rings (SSSR count). The molecule has 0 aliphatic heterocycles. The fourth-order valence-corrected chi connectivity index (χ4v) is 5.03. The smallest absolute Gasteiger partial charge is 0.237 e. The second-order valence-corrected chi connectivity index (χ2v) is 9.11. The Morgan fingerprint density at radius 3 is 2.41 bits per heavy atom. The summed E-state index contributed by atoms with van der Waals surface area (Å²) in [6, 6.07) is 7.87. The van der Waals surface area contributed by atoms with Crippen molar-refractivity contribution >= 4 is 52.4 Å². The van der Waals surface area contributed by atoms with Gasteiger partial charge in [-0.25, -0.2) is 0 Å². The van der Waals surface area contributed by atoms with Gasteiger partial charge in [0.25, 0.3) is 0 Å². The van der Waals surface area contributed by atoms with Crippen LogP contribution in [0.2, 0.25) is 0 Å². The Balaban J connectivity index is 1.85. The largest absolute Gasteiger partial charge is 0.355 e. The van der Waals surface area contributed by atoms with Crippen molar-refractivity contribution in [2.75, 3.05) is 29.5 Å². The number of nitrogens with zero attached hydrogens (tertiary/aromatic N) is 3. The Bertz CT molecular complexity index is 767. The van der Waals surface area contributed by atoms with Crippen molar-refractivity contribution in [2.24, 2.45) is 0 Å². The third-order valence-electron chi connectivity index (χ3n) is 3.63. The lowest BCUT2D eigenvalue weighted by molar-refractivity contribution is -0.118. The van der Waals surface area contributed by atoms with Gasteiger partial charge >= 0.3 is 0 Å². The molecular weight excluding hydrogens is 400 g/mol. The fraction of sp³-hybridized carbons (Fsp3) is 0.444. The zero-order valence-corrected chi connectivity index (χ0v) is 18.2. The molecular formula is C18H24N4O2S3. The van der Waals surface area contributed by atoms with Crippen LogP contribution in [0, 0.1) is 6.92 Å². The number of carbonyl (C=O) groups excluding carboxylic acids is 2. The Kier molecular flexibility index (Phi) is 9.09. The minimum Gasteiger partial charge on any atom is -0.355 e. The second kappa shape index (κ2) is 11.3. The van der Waals surface area contributed by atoms with Crippen LogP contribution in [0.1, 0.15) is 25.8 Å². The number of amides is 2. The standard InChI is InChI=1S/C18H24N4O2S3/c1-4-10-19-15(23)11-25-17-20-21-18(27-17)26-12-16(24)22(5-2)14-9-7-6-8-13(14)3/h6-9H,4-5,10-12H2,1-3H3,(H,19,23). The summed E-state index contributed by atoms with van der Waals surface area (Å²) in [6.45, 7) is 7.30. The third-order valence-corrected chi connectivity index (χ3v) is 6.80. The van der Waals surface area contributed by atoms with Gasteiger partial charge in [-0.1, -0.05) is 60.0 Å². The van der Waals surface area contributed by atoms with Crippen molar-refractivity contribution in [3.63, 3.8) is 0 Å². The van der Waals surface area contributed by atoms with E-state index in [1.165, 1.54) is 34.9 Å². The first-order valence-electron chi connectivity index (χ1n) is 8.76. The molecule has 6 nitrogen and oxygen atoms in total. The number of aromatic nitrogens is 2. The SMILES string of the molecule is CCCNC(=O)CSc1nnc(SCC(=O)N(CC)c2ccccc2C)s1. The number of hydrogen-bond acceptors (Lipinski definition) is 7. The molecule has 1 N–H and O–H groups in total. The molecule has 9 heteroatoms. The summed E-state index contributed by atoms with van der Waals surface area (Å²) in [4.78, 5) is 26.1. The van der Waals surface area contributed by atoms with E-state index in [-0.39, 0.29) is 11.8 Å². The van der Waals surface area contributed by atoms with Gasteiger partial charge in [0.15, 0.2) is 8.68 Å². The maximum Gasteiger partial charge on any atom is 0.237 e. The zero-order chi connectivity index (χ0) is 19.6. The molecule has 0 spiro atoms. The van der Waals surface area contributed by atoms with E-state index in [2.05, 4.69) is 15.5 Å². The lowest BCUT2D eigenvalue weighted by Gasteiger charge is -2.22. The van der Waals surface area contributed by atoms with Crippen LogP contribution in [0.25, 0.3) is 0 Å². The molecule has 0 fully saturated rings. The average Bonchev–Trinajstić information content (AvgIpc) is 3.13. The predicted octanol–water partition coefficient (Wildman–Crippen LogP) is 3.61. The molecule has 1 aromatic heterocycles. The summed E-state index contributed by atoms with van der Waals surface area (Å²) < 4.78 is 1.48. The summed E-state index contributed by atoms with van der Waals surface area (Å²) in [5, 5.41) is 11.0. The molecule has 2 amide bonds. The van der Waals surface area contributed by atoms with Crippen LogP contribution in [-0.4, -0.2) is 46.6 Å².